The number of nitrogens with one attached hydrogen (secondary N) is 1. The van der Waals surface area contributed by atoms with E-state index in [2.05, 4.69) is 10.5 Å². The van der Waals surface area contributed by atoms with Gasteiger partial charge in [-0.2, -0.15) is 5.10 Å². The predicted molar refractivity (Wildman–Crippen MR) is 65.9 cm³/mol. The summed E-state index contributed by atoms with van der Waals surface area (Å²) < 4.78 is 5.05. The lowest BCUT2D eigenvalue weighted by atomic mass is 10.2. The molecule has 0 saturated heterocycles. The highest BCUT2D eigenvalue weighted by Gasteiger charge is 2.15. The number of amides is 1. The van der Waals surface area contributed by atoms with Crippen molar-refractivity contribution in [1.82, 2.24) is 5.43 Å². The third-order valence-corrected chi connectivity index (χ3v) is 2.57. The van der Waals surface area contributed by atoms with E-state index in [4.69, 9.17) is 4.74 Å². The summed E-state index contributed by atoms with van der Waals surface area (Å²) in [5.74, 6) is 0. The molecule has 0 aliphatic rings. The number of rotatable bonds is 2. The molecule has 1 heterocycles. The Labute approximate surface area is 99.3 Å². The first-order valence-electron chi connectivity index (χ1n) is 4.95. The summed E-state index contributed by atoms with van der Waals surface area (Å²) in [5.41, 5.74) is 2.62. The molecule has 0 unspecified atom stereocenters. The third kappa shape index (κ3) is 4.44. The van der Waals surface area contributed by atoms with Crippen LogP contribution in [0.5, 0.6) is 0 Å². The van der Waals surface area contributed by atoms with Gasteiger partial charge in [0.15, 0.2) is 0 Å². The van der Waals surface area contributed by atoms with Crippen molar-refractivity contribution in [3.8, 4) is 0 Å². The lowest BCUT2D eigenvalue weighted by molar-refractivity contribution is 0.0529. The third-order valence-electron chi connectivity index (χ3n) is 1.59. The Morgan fingerprint density at radius 3 is 2.69 bits per heavy atom. The number of nitrogens with zero attached hydrogens (tertiary/aromatic N) is 1. The summed E-state index contributed by atoms with van der Waals surface area (Å²) in [4.78, 5) is 12.3. The van der Waals surface area contributed by atoms with Crippen molar-refractivity contribution < 1.29 is 9.53 Å². The molecule has 0 aliphatic carbocycles. The highest BCUT2D eigenvalue weighted by atomic mass is 32.1. The molecule has 0 fully saturated rings. The molecular formula is C11H16N2O2S. The molecule has 4 nitrogen and oxygen atoms in total. The Morgan fingerprint density at radius 2 is 2.19 bits per heavy atom. The highest BCUT2D eigenvalue weighted by molar-refractivity contribution is 7.12. The summed E-state index contributed by atoms with van der Waals surface area (Å²) in [6.45, 7) is 7.26. The zero-order valence-corrected chi connectivity index (χ0v) is 10.7. The van der Waals surface area contributed by atoms with Gasteiger partial charge in [0.2, 0.25) is 0 Å². The molecule has 0 spiro atoms. The Bertz CT molecular complexity index is 377. The topological polar surface area (TPSA) is 50.7 Å². The van der Waals surface area contributed by atoms with E-state index in [9.17, 15) is 4.79 Å². The largest absolute Gasteiger partial charge is 0.443 e. The zero-order chi connectivity index (χ0) is 12.2. The quantitative estimate of drug-likeness (QED) is 0.638. The highest BCUT2D eigenvalue weighted by Crippen LogP contribution is 2.10. The van der Waals surface area contributed by atoms with Crippen molar-refractivity contribution in [2.24, 2.45) is 5.10 Å². The molecule has 1 rings (SSSR count). The molecule has 0 aliphatic heterocycles. The van der Waals surface area contributed by atoms with Crippen LogP contribution in [0.15, 0.2) is 22.6 Å². The zero-order valence-electron chi connectivity index (χ0n) is 9.90. The molecule has 1 amide bonds. The van der Waals surface area contributed by atoms with Gasteiger partial charge in [0.1, 0.15) is 5.60 Å². The van der Waals surface area contributed by atoms with E-state index >= 15 is 0 Å². The fourth-order valence-corrected chi connectivity index (χ4v) is 1.65. The van der Waals surface area contributed by atoms with E-state index in [1.807, 2.05) is 45.2 Å². The van der Waals surface area contributed by atoms with Crippen LogP contribution in [0.4, 0.5) is 4.79 Å². The first kappa shape index (κ1) is 12.7. The van der Waals surface area contributed by atoms with Crippen LogP contribution in [0, 0.1) is 0 Å². The SMILES string of the molecule is C/C(=N/NC(=O)OC(C)(C)C)c1cccs1. The van der Waals surface area contributed by atoms with Crippen LogP contribution in [0.3, 0.4) is 0 Å². The number of carbonyl (C=O) groups excluding carboxylic acids is 1. The van der Waals surface area contributed by atoms with Gasteiger partial charge in [-0.3, -0.25) is 0 Å². The number of thiophene rings is 1. The molecule has 0 saturated carbocycles. The molecule has 16 heavy (non-hydrogen) atoms. The lowest BCUT2D eigenvalue weighted by Crippen LogP contribution is -2.30. The maximum Gasteiger partial charge on any atom is 0.428 e. The van der Waals surface area contributed by atoms with E-state index in [1.54, 1.807) is 11.3 Å². The number of hydrazone groups is 1. The summed E-state index contributed by atoms with van der Waals surface area (Å²) in [5, 5.41) is 5.91. The van der Waals surface area contributed by atoms with Gasteiger partial charge in [0, 0.05) is 4.88 Å². The normalized spacial score (nSPS) is 12.4. The molecule has 0 radical (unpaired) electrons. The van der Waals surface area contributed by atoms with Crippen molar-refractivity contribution in [3.63, 3.8) is 0 Å². The van der Waals surface area contributed by atoms with Gasteiger partial charge in [-0.15, -0.1) is 11.3 Å². The maximum absolute atomic E-state index is 11.3. The average Bonchev–Trinajstić information content (AvgIpc) is 2.64. The van der Waals surface area contributed by atoms with Crippen LogP contribution < -0.4 is 5.43 Å². The Balaban J connectivity index is 2.51. The molecule has 0 bridgehead atoms. The van der Waals surface area contributed by atoms with Crippen LogP contribution in [-0.4, -0.2) is 17.4 Å². The fourth-order valence-electron chi connectivity index (χ4n) is 0.970. The van der Waals surface area contributed by atoms with Gasteiger partial charge < -0.3 is 4.74 Å². The van der Waals surface area contributed by atoms with E-state index in [1.165, 1.54) is 0 Å². The second kappa shape index (κ2) is 5.12. The van der Waals surface area contributed by atoms with Gasteiger partial charge in [-0.25, -0.2) is 10.2 Å². The maximum atomic E-state index is 11.3. The molecule has 1 aromatic rings. The van der Waals surface area contributed by atoms with Gasteiger partial charge >= 0.3 is 6.09 Å². The smallest absolute Gasteiger partial charge is 0.428 e. The molecule has 1 N–H and O–H groups in total. The van der Waals surface area contributed by atoms with Crippen molar-refractivity contribution in [2.45, 2.75) is 33.3 Å². The summed E-state index contributed by atoms with van der Waals surface area (Å²) in [7, 11) is 0. The average molecular weight is 240 g/mol. The molecular weight excluding hydrogens is 224 g/mol. The van der Waals surface area contributed by atoms with Gasteiger partial charge in [0.05, 0.1) is 5.71 Å². The monoisotopic (exact) mass is 240 g/mol. The Morgan fingerprint density at radius 1 is 1.50 bits per heavy atom. The first-order valence-corrected chi connectivity index (χ1v) is 5.83. The number of hydrogen-bond donors (Lipinski definition) is 1. The summed E-state index contributed by atoms with van der Waals surface area (Å²) in [6, 6.07) is 3.88. The minimum absolute atomic E-state index is 0.504. The summed E-state index contributed by atoms with van der Waals surface area (Å²) in [6.07, 6.45) is -0.539. The van der Waals surface area contributed by atoms with Crippen molar-refractivity contribution >= 4 is 23.1 Å². The molecule has 5 heteroatoms. The van der Waals surface area contributed by atoms with Crippen molar-refractivity contribution in [2.75, 3.05) is 0 Å². The predicted octanol–water partition coefficient (Wildman–Crippen LogP) is 3.00. The van der Waals surface area contributed by atoms with E-state index in [0.29, 0.717) is 0 Å². The number of carbonyl (C=O) groups is 1. The first-order chi connectivity index (χ1) is 7.38. The number of hydrogen-bond acceptors (Lipinski definition) is 4. The molecule has 88 valence electrons. The van der Waals surface area contributed by atoms with Crippen LogP contribution in [0.25, 0.3) is 0 Å². The second-order valence-corrected chi connectivity index (χ2v) is 5.24. The van der Waals surface area contributed by atoms with Crippen molar-refractivity contribution in [3.05, 3.63) is 22.4 Å². The standard InChI is InChI=1S/C11H16N2O2S/c1-8(9-6-5-7-16-9)12-13-10(14)15-11(2,3)4/h5-7H,1-4H3,(H,13,14)/b12-8-. The lowest BCUT2D eigenvalue weighted by Gasteiger charge is -2.18. The van der Waals surface area contributed by atoms with Crippen LogP contribution >= 0.6 is 11.3 Å². The minimum Gasteiger partial charge on any atom is -0.443 e. The van der Waals surface area contributed by atoms with Gasteiger partial charge in [-0.1, -0.05) is 6.07 Å². The van der Waals surface area contributed by atoms with Crippen LogP contribution in [-0.2, 0) is 4.74 Å². The molecule has 0 atom stereocenters. The molecule has 1 aromatic heterocycles. The van der Waals surface area contributed by atoms with Crippen LogP contribution in [0.2, 0.25) is 0 Å². The van der Waals surface area contributed by atoms with Crippen molar-refractivity contribution in [1.29, 1.82) is 0 Å². The Hall–Kier alpha value is -1.36. The molecule has 0 aromatic carbocycles. The summed E-state index contributed by atoms with van der Waals surface area (Å²) >= 11 is 1.57. The van der Waals surface area contributed by atoms with E-state index in [-0.39, 0.29) is 0 Å². The number of ether oxygens (including phenoxy) is 1. The van der Waals surface area contributed by atoms with Gasteiger partial charge in [-0.05, 0) is 39.1 Å². The van der Waals surface area contributed by atoms with Gasteiger partial charge in [0.25, 0.3) is 0 Å². The van der Waals surface area contributed by atoms with E-state index in [0.717, 1.165) is 10.6 Å². The van der Waals surface area contributed by atoms with E-state index < -0.39 is 11.7 Å². The minimum atomic E-state index is -0.539. The second-order valence-electron chi connectivity index (χ2n) is 4.29. The van der Waals surface area contributed by atoms with Crippen LogP contribution in [0.1, 0.15) is 32.6 Å². The fraction of sp³-hybridized carbons (Fsp3) is 0.455. The Kier molecular flexibility index (Phi) is 4.06.